The molecule has 112 heavy (non-hydrogen) atoms. The molecule has 0 unspecified atom stereocenters. The lowest BCUT2D eigenvalue weighted by Gasteiger charge is -2.14. The summed E-state index contributed by atoms with van der Waals surface area (Å²) in [4.78, 5) is 11.2. The third kappa shape index (κ3) is 9.68. The standard InChI is InChI=1S/C104H61N5O3/c1-7-25-91-77(19-1)83-55-67(70-41-50-100-86(58-70)80-22-4-10-28-97(80)110-100)38-47-94(83)107(91)74-44-35-63(36-45-74)62-31-33-64(34-32-62)103-89-61-66(65-15-13-17-75(53-65)108-92-26-8-2-20-78(92)84-56-68(39-48-95(84)108)71-42-51-101-87(59-71)81-23-5-11-29-98(81)111-101)37-46-90(89)105-104(106-103)73-16-14-18-76(54-73)109-93-27-9-3-21-79(93)85-57-69(40-49-96(85)109)72-43-52-102-88(60-72)82-24-6-12-30-99(82)112-102/h1-61H. The first kappa shape index (κ1) is 62.0. The van der Waals surface area contributed by atoms with Gasteiger partial charge in [-0.2, -0.15) is 0 Å². The van der Waals surface area contributed by atoms with Crippen LogP contribution in [0.5, 0.6) is 0 Å². The fourth-order valence-electron chi connectivity index (χ4n) is 17.9. The van der Waals surface area contributed by atoms with E-state index >= 15 is 0 Å². The summed E-state index contributed by atoms with van der Waals surface area (Å²) in [5.74, 6) is 0.639. The topological polar surface area (TPSA) is 80.0 Å². The molecule has 8 nitrogen and oxygen atoms in total. The van der Waals surface area contributed by atoms with Gasteiger partial charge in [-0.25, -0.2) is 9.97 Å². The van der Waals surface area contributed by atoms with E-state index in [1.807, 2.05) is 36.4 Å². The van der Waals surface area contributed by atoms with Gasteiger partial charge < -0.3 is 27.0 Å². The van der Waals surface area contributed by atoms with Gasteiger partial charge in [0, 0.05) is 98.2 Å². The number of hydrogen-bond acceptors (Lipinski definition) is 5. The number of hydrogen-bond donors (Lipinski definition) is 0. The number of fused-ring (bicyclic) bond motifs is 19. The molecule has 0 spiro atoms. The predicted molar refractivity (Wildman–Crippen MR) is 462 cm³/mol. The smallest absolute Gasteiger partial charge is 0.160 e. The minimum atomic E-state index is 0.639. The summed E-state index contributed by atoms with van der Waals surface area (Å²) < 4.78 is 25.9. The van der Waals surface area contributed by atoms with Crippen molar-refractivity contribution in [1.29, 1.82) is 0 Å². The summed E-state index contributed by atoms with van der Waals surface area (Å²) in [6, 6.07) is 133. The Morgan fingerprint density at radius 1 is 0.170 bits per heavy atom. The average Bonchev–Trinajstić information content (AvgIpc) is 1.60. The van der Waals surface area contributed by atoms with Crippen LogP contribution >= 0.6 is 0 Å². The van der Waals surface area contributed by atoms with Gasteiger partial charge in [-0.3, -0.25) is 0 Å². The van der Waals surface area contributed by atoms with Gasteiger partial charge in [-0.1, -0.05) is 212 Å². The molecule has 7 heterocycles. The normalized spacial score (nSPS) is 12.1. The zero-order chi connectivity index (χ0) is 73.2. The zero-order valence-electron chi connectivity index (χ0n) is 60.2. The summed E-state index contributed by atoms with van der Waals surface area (Å²) in [5.41, 5.74) is 30.2. The molecule has 0 bridgehead atoms. The molecule has 0 radical (unpaired) electrons. The Hall–Kier alpha value is -15.1. The summed E-state index contributed by atoms with van der Waals surface area (Å²) >= 11 is 0. The first-order valence-electron chi connectivity index (χ1n) is 38.0. The second-order valence-corrected chi connectivity index (χ2v) is 29.5. The van der Waals surface area contributed by atoms with Crippen molar-refractivity contribution in [2.24, 2.45) is 0 Å². The minimum absolute atomic E-state index is 0.639. The van der Waals surface area contributed by atoms with E-state index < -0.39 is 0 Å². The molecule has 0 fully saturated rings. The third-order valence-corrected chi connectivity index (χ3v) is 23.3. The van der Waals surface area contributed by atoms with E-state index in [1.54, 1.807) is 0 Å². The van der Waals surface area contributed by atoms with Crippen molar-refractivity contribution >= 4 is 142 Å². The second-order valence-electron chi connectivity index (χ2n) is 29.5. The molecule has 0 saturated heterocycles. The summed E-state index contributed by atoms with van der Waals surface area (Å²) in [7, 11) is 0. The third-order valence-electron chi connectivity index (χ3n) is 23.3. The van der Waals surface area contributed by atoms with Crippen LogP contribution in [0.2, 0.25) is 0 Å². The van der Waals surface area contributed by atoms with Gasteiger partial charge >= 0.3 is 0 Å². The van der Waals surface area contributed by atoms with Crippen LogP contribution in [0.25, 0.3) is 237 Å². The highest BCUT2D eigenvalue weighted by atomic mass is 16.3. The van der Waals surface area contributed by atoms with E-state index in [-0.39, 0.29) is 0 Å². The average molecular weight is 1430 g/mol. The first-order chi connectivity index (χ1) is 55.4. The number of nitrogens with zero attached hydrogens (tertiary/aromatic N) is 5. The van der Waals surface area contributed by atoms with Crippen molar-refractivity contribution in [3.05, 3.63) is 370 Å². The van der Waals surface area contributed by atoms with E-state index in [2.05, 4.69) is 347 Å². The highest BCUT2D eigenvalue weighted by Crippen LogP contribution is 2.44. The van der Waals surface area contributed by atoms with Crippen LogP contribution in [0.4, 0.5) is 0 Å². The van der Waals surface area contributed by atoms with E-state index in [0.29, 0.717) is 5.82 Å². The Kier molecular flexibility index (Phi) is 13.4. The zero-order valence-corrected chi connectivity index (χ0v) is 60.2. The second kappa shape index (κ2) is 24.2. The molecule has 0 aliphatic heterocycles. The first-order valence-corrected chi connectivity index (χ1v) is 38.0. The van der Waals surface area contributed by atoms with Gasteiger partial charge in [0.2, 0.25) is 0 Å². The van der Waals surface area contributed by atoms with Crippen molar-refractivity contribution in [1.82, 2.24) is 23.7 Å². The molecular formula is C104H61N5O3. The largest absolute Gasteiger partial charge is 0.456 e. The molecule has 24 aromatic rings. The molecular weight excluding hydrogens is 1370 g/mol. The maximum atomic E-state index is 6.25. The van der Waals surface area contributed by atoms with E-state index in [0.717, 1.165) is 199 Å². The van der Waals surface area contributed by atoms with E-state index in [4.69, 9.17) is 23.2 Å². The highest BCUT2D eigenvalue weighted by molar-refractivity contribution is 6.15. The summed E-state index contributed by atoms with van der Waals surface area (Å²) in [6.45, 7) is 0. The fourth-order valence-corrected chi connectivity index (χ4v) is 17.9. The van der Waals surface area contributed by atoms with Crippen LogP contribution in [-0.4, -0.2) is 23.7 Å². The van der Waals surface area contributed by atoms with E-state index in [9.17, 15) is 0 Å². The maximum Gasteiger partial charge on any atom is 0.160 e. The minimum Gasteiger partial charge on any atom is -0.456 e. The Labute approximate surface area is 640 Å². The number of furan rings is 3. The summed E-state index contributed by atoms with van der Waals surface area (Å²) in [6.07, 6.45) is 0. The van der Waals surface area contributed by atoms with Crippen molar-refractivity contribution in [2.75, 3.05) is 0 Å². The number of benzene rings is 17. The quantitative estimate of drug-likeness (QED) is 0.136. The molecule has 0 saturated carbocycles. The molecule has 0 atom stereocenters. The lowest BCUT2D eigenvalue weighted by molar-refractivity contribution is 0.668. The van der Waals surface area contributed by atoms with Gasteiger partial charge in [0.25, 0.3) is 0 Å². The van der Waals surface area contributed by atoms with Crippen LogP contribution < -0.4 is 0 Å². The summed E-state index contributed by atoms with van der Waals surface area (Å²) in [5, 5.41) is 14.8. The Bertz CT molecular complexity index is 8080. The van der Waals surface area contributed by atoms with Crippen molar-refractivity contribution in [2.45, 2.75) is 0 Å². The van der Waals surface area contributed by atoms with E-state index in [1.165, 1.54) is 32.3 Å². The van der Waals surface area contributed by atoms with Gasteiger partial charge in [0.1, 0.15) is 33.5 Å². The number of aromatic nitrogens is 5. The Morgan fingerprint density at radius 3 is 0.920 bits per heavy atom. The molecule has 0 aliphatic rings. The molecule has 17 aromatic carbocycles. The lowest BCUT2D eigenvalue weighted by Crippen LogP contribution is -1.98. The fraction of sp³-hybridized carbons (Fsp3) is 0. The van der Waals surface area contributed by atoms with Crippen LogP contribution in [-0.2, 0) is 0 Å². The highest BCUT2D eigenvalue weighted by Gasteiger charge is 2.22. The monoisotopic (exact) mass is 1430 g/mol. The molecule has 0 N–H and O–H groups in total. The van der Waals surface area contributed by atoms with Crippen LogP contribution in [0, 0.1) is 0 Å². The van der Waals surface area contributed by atoms with Gasteiger partial charge in [-0.05, 0) is 213 Å². The molecule has 7 aromatic heterocycles. The van der Waals surface area contributed by atoms with Crippen LogP contribution in [0.3, 0.4) is 0 Å². The number of rotatable bonds is 10. The van der Waals surface area contributed by atoms with Crippen molar-refractivity contribution < 1.29 is 13.3 Å². The number of para-hydroxylation sites is 6. The van der Waals surface area contributed by atoms with Crippen molar-refractivity contribution in [3.63, 3.8) is 0 Å². The maximum absolute atomic E-state index is 6.25. The molecule has 8 heteroatoms. The Balaban J connectivity index is 0.604. The van der Waals surface area contributed by atoms with Gasteiger partial charge in [-0.15, -0.1) is 0 Å². The van der Waals surface area contributed by atoms with Gasteiger partial charge in [0.05, 0.1) is 44.3 Å². The van der Waals surface area contributed by atoms with Crippen molar-refractivity contribution in [3.8, 4) is 95.3 Å². The molecule has 520 valence electrons. The SMILES string of the molecule is c1cc(-c2ccc3nc(-c4cccc(-n5c6ccccc6c6cc(-c7ccc8oc9ccccc9c8c7)ccc65)c4)nc(-c4ccc(-c5ccc(-n6c7ccccc7c7cc(-c8ccc9oc%10ccccc%10c9c8)ccc76)cc5)cc4)c3c2)cc(-n2c3ccccc3c3cc(-c4ccc5oc6ccccc6c5c4)ccc32)c1. The van der Waals surface area contributed by atoms with Crippen LogP contribution in [0.1, 0.15) is 0 Å². The molecule has 0 amide bonds. The predicted octanol–water partition coefficient (Wildman–Crippen LogP) is 28.3. The van der Waals surface area contributed by atoms with Crippen LogP contribution in [0.15, 0.2) is 383 Å². The van der Waals surface area contributed by atoms with Gasteiger partial charge in [0.15, 0.2) is 5.82 Å². The Morgan fingerprint density at radius 2 is 0.473 bits per heavy atom. The molecule has 24 rings (SSSR count). The molecule has 0 aliphatic carbocycles. The lowest BCUT2D eigenvalue weighted by atomic mass is 9.98.